The summed E-state index contributed by atoms with van der Waals surface area (Å²) in [6.07, 6.45) is 0.543. The van der Waals surface area contributed by atoms with Crippen LogP contribution in [0.25, 0.3) is 0 Å². The Labute approximate surface area is 118 Å². The van der Waals surface area contributed by atoms with Crippen LogP contribution >= 0.6 is 12.6 Å². The van der Waals surface area contributed by atoms with Crippen LogP contribution in [0.1, 0.15) is 18.9 Å². The van der Waals surface area contributed by atoms with Crippen molar-refractivity contribution in [3.8, 4) is 5.75 Å². The molecule has 19 heavy (non-hydrogen) atoms. The Morgan fingerprint density at radius 2 is 1.95 bits per heavy atom. The summed E-state index contributed by atoms with van der Waals surface area (Å²) in [5.41, 5.74) is 0.878. The molecule has 0 aliphatic rings. The number of rotatable bonds is 7. The minimum Gasteiger partial charge on any atom is -0.508 e. The van der Waals surface area contributed by atoms with Crippen LogP contribution in [-0.4, -0.2) is 29.2 Å². The van der Waals surface area contributed by atoms with E-state index in [2.05, 4.69) is 12.6 Å². The van der Waals surface area contributed by atoms with E-state index in [1.165, 1.54) is 0 Å². The second-order valence-electron chi connectivity index (χ2n) is 4.22. The van der Waals surface area contributed by atoms with E-state index in [4.69, 9.17) is 4.74 Å². The first-order valence-corrected chi connectivity index (χ1v) is 6.77. The van der Waals surface area contributed by atoms with Gasteiger partial charge in [0.25, 0.3) is 0 Å². The van der Waals surface area contributed by atoms with Crippen LogP contribution in [0.5, 0.6) is 5.75 Å². The lowest BCUT2D eigenvalue weighted by Crippen LogP contribution is -2.23. The van der Waals surface area contributed by atoms with E-state index in [-0.39, 0.29) is 29.7 Å². The Morgan fingerprint density at radius 1 is 1.32 bits per heavy atom. The summed E-state index contributed by atoms with van der Waals surface area (Å²) in [5, 5.41) is 9.21. The summed E-state index contributed by atoms with van der Waals surface area (Å²) >= 11 is 3.92. The fourth-order valence-electron chi connectivity index (χ4n) is 1.75. The molecular weight excluding hydrogens is 264 g/mol. The van der Waals surface area contributed by atoms with Crippen LogP contribution in [0.4, 0.5) is 0 Å². The van der Waals surface area contributed by atoms with E-state index in [1.54, 1.807) is 31.2 Å². The van der Waals surface area contributed by atoms with Gasteiger partial charge in [0.2, 0.25) is 0 Å². The lowest BCUT2D eigenvalue weighted by Gasteiger charge is -2.14. The minimum atomic E-state index is -0.496. The highest BCUT2D eigenvalue weighted by molar-refractivity contribution is 7.81. The zero-order chi connectivity index (χ0) is 14.3. The average molecular weight is 282 g/mol. The quantitative estimate of drug-likeness (QED) is 0.593. The molecular formula is C14H18O4S. The van der Waals surface area contributed by atoms with Gasteiger partial charge >= 0.3 is 5.97 Å². The molecule has 0 saturated carbocycles. The number of phenols is 1. The lowest BCUT2D eigenvalue weighted by atomic mass is 9.94. The molecule has 5 heteroatoms. The van der Waals surface area contributed by atoms with Crippen molar-refractivity contribution in [2.24, 2.45) is 5.92 Å². The molecule has 0 aliphatic heterocycles. The molecule has 0 bridgehead atoms. The molecule has 1 N–H and O–H groups in total. The van der Waals surface area contributed by atoms with Crippen molar-refractivity contribution >= 4 is 24.4 Å². The molecule has 0 unspecified atom stereocenters. The third-order valence-corrected chi connectivity index (χ3v) is 3.04. The highest BCUT2D eigenvalue weighted by Crippen LogP contribution is 2.17. The summed E-state index contributed by atoms with van der Waals surface area (Å²) in [4.78, 5) is 23.3. The number of Topliss-reactive ketones (excluding diaryl/α,β-unsaturated/α-hetero) is 1. The predicted octanol–water partition coefficient (Wildman–Crippen LogP) is 2.00. The summed E-state index contributed by atoms with van der Waals surface area (Å²) < 4.78 is 4.98. The second kappa shape index (κ2) is 7.84. The van der Waals surface area contributed by atoms with Gasteiger partial charge in [0.05, 0.1) is 12.5 Å². The van der Waals surface area contributed by atoms with Crippen LogP contribution < -0.4 is 0 Å². The zero-order valence-electron chi connectivity index (χ0n) is 10.8. The maximum atomic E-state index is 11.8. The van der Waals surface area contributed by atoms with Gasteiger partial charge in [-0.25, -0.2) is 0 Å². The molecule has 1 rings (SSSR count). The minimum absolute atomic E-state index is 0.0832. The number of hydrogen-bond donors (Lipinski definition) is 2. The van der Waals surface area contributed by atoms with Gasteiger partial charge in [-0.2, -0.15) is 12.6 Å². The fourth-order valence-corrected chi connectivity index (χ4v) is 1.88. The maximum Gasteiger partial charge on any atom is 0.309 e. The Balaban J connectivity index is 2.75. The average Bonchev–Trinajstić information content (AvgIpc) is 2.40. The molecule has 0 radical (unpaired) electrons. The van der Waals surface area contributed by atoms with E-state index in [0.717, 1.165) is 5.56 Å². The first kappa shape index (κ1) is 15.6. The Bertz CT molecular complexity index is 428. The first-order valence-electron chi connectivity index (χ1n) is 6.14. The summed E-state index contributed by atoms with van der Waals surface area (Å²) in [7, 11) is 0. The third-order valence-electron chi connectivity index (χ3n) is 2.69. The number of hydrogen-bond acceptors (Lipinski definition) is 5. The van der Waals surface area contributed by atoms with Crippen molar-refractivity contribution in [2.75, 3.05) is 12.4 Å². The van der Waals surface area contributed by atoms with Crippen molar-refractivity contribution in [3.05, 3.63) is 29.8 Å². The highest BCUT2D eigenvalue weighted by Gasteiger charge is 2.23. The molecule has 0 aromatic heterocycles. The van der Waals surface area contributed by atoms with Gasteiger partial charge in [0, 0.05) is 12.2 Å². The maximum absolute atomic E-state index is 11.8. The van der Waals surface area contributed by atoms with Crippen LogP contribution in [0, 0.1) is 5.92 Å². The molecule has 4 nitrogen and oxygen atoms in total. The number of phenolic OH excluding ortho intramolecular Hbond substituents is 1. The molecule has 1 aromatic carbocycles. The fraction of sp³-hybridized carbons (Fsp3) is 0.429. The number of benzene rings is 1. The standard InChI is InChI=1S/C14H18O4S/c1-2-18-14(17)11(8-13(16)9-19)7-10-3-5-12(15)6-4-10/h3-6,11,15,19H,2,7-9H2,1H3/t11-/m1/s1. The van der Waals surface area contributed by atoms with Crippen LogP contribution in [-0.2, 0) is 20.7 Å². The summed E-state index contributed by atoms with van der Waals surface area (Å²) in [5.74, 6) is -0.663. The zero-order valence-corrected chi connectivity index (χ0v) is 11.7. The van der Waals surface area contributed by atoms with Crippen molar-refractivity contribution in [2.45, 2.75) is 19.8 Å². The Morgan fingerprint density at radius 3 is 2.47 bits per heavy atom. The number of carbonyl (C=O) groups excluding carboxylic acids is 2. The molecule has 1 atom stereocenters. The van der Waals surface area contributed by atoms with Crippen LogP contribution in [0.2, 0.25) is 0 Å². The van der Waals surface area contributed by atoms with E-state index in [0.29, 0.717) is 13.0 Å². The molecule has 0 heterocycles. The summed E-state index contributed by atoms with van der Waals surface area (Å²) in [6, 6.07) is 6.56. The van der Waals surface area contributed by atoms with Crippen molar-refractivity contribution < 1.29 is 19.4 Å². The van der Waals surface area contributed by atoms with Gasteiger partial charge in [-0.3, -0.25) is 9.59 Å². The largest absolute Gasteiger partial charge is 0.508 e. The van der Waals surface area contributed by atoms with Gasteiger partial charge in [0.15, 0.2) is 0 Å². The van der Waals surface area contributed by atoms with E-state index < -0.39 is 5.92 Å². The Kier molecular flexibility index (Phi) is 6.42. The van der Waals surface area contributed by atoms with Crippen molar-refractivity contribution in [1.82, 2.24) is 0 Å². The Hall–Kier alpha value is -1.49. The van der Waals surface area contributed by atoms with Crippen molar-refractivity contribution in [3.63, 3.8) is 0 Å². The lowest BCUT2D eigenvalue weighted by molar-refractivity contribution is -0.149. The number of ether oxygens (including phenoxy) is 1. The first-order chi connectivity index (χ1) is 9.06. The normalized spacial score (nSPS) is 11.9. The second-order valence-corrected chi connectivity index (χ2v) is 4.54. The van der Waals surface area contributed by atoms with Gasteiger partial charge in [-0.15, -0.1) is 0 Å². The molecule has 104 valence electrons. The third kappa shape index (κ3) is 5.34. The van der Waals surface area contributed by atoms with E-state index in [1.807, 2.05) is 0 Å². The van der Waals surface area contributed by atoms with Gasteiger partial charge < -0.3 is 9.84 Å². The molecule has 0 saturated heterocycles. The van der Waals surface area contributed by atoms with Crippen molar-refractivity contribution in [1.29, 1.82) is 0 Å². The number of aromatic hydroxyl groups is 1. The number of esters is 1. The predicted molar refractivity (Wildman–Crippen MR) is 75.4 cm³/mol. The molecule has 0 spiro atoms. The molecule has 1 aromatic rings. The molecule has 0 amide bonds. The SMILES string of the molecule is CCOC(=O)[C@@H](CC(=O)CS)Cc1ccc(O)cc1. The van der Waals surface area contributed by atoms with E-state index in [9.17, 15) is 14.7 Å². The summed E-state index contributed by atoms with van der Waals surface area (Å²) in [6.45, 7) is 2.02. The van der Waals surface area contributed by atoms with Crippen LogP contribution in [0.15, 0.2) is 24.3 Å². The molecule has 0 aliphatic carbocycles. The van der Waals surface area contributed by atoms with E-state index >= 15 is 0 Å². The van der Waals surface area contributed by atoms with Gasteiger partial charge in [0.1, 0.15) is 11.5 Å². The number of ketones is 1. The monoisotopic (exact) mass is 282 g/mol. The number of thiol groups is 1. The smallest absolute Gasteiger partial charge is 0.309 e. The molecule has 0 fully saturated rings. The van der Waals surface area contributed by atoms with Gasteiger partial charge in [-0.1, -0.05) is 12.1 Å². The highest BCUT2D eigenvalue weighted by atomic mass is 32.1. The van der Waals surface area contributed by atoms with Gasteiger partial charge in [-0.05, 0) is 31.0 Å². The van der Waals surface area contributed by atoms with Crippen LogP contribution in [0.3, 0.4) is 0 Å². The topological polar surface area (TPSA) is 63.6 Å². The number of carbonyl (C=O) groups is 2.